The van der Waals surface area contributed by atoms with Crippen LogP contribution in [0.1, 0.15) is 50.3 Å². The molecule has 0 amide bonds. The average molecular weight is 393 g/mol. The van der Waals surface area contributed by atoms with Crippen molar-refractivity contribution in [2.75, 3.05) is 18.0 Å². The number of anilines is 1. The molecule has 0 spiro atoms. The second-order valence-electron chi connectivity index (χ2n) is 8.08. The molecule has 5 rings (SSSR count). The Kier molecular flexibility index (Phi) is 4.87. The van der Waals surface area contributed by atoms with Crippen LogP contribution < -0.4 is 4.90 Å². The van der Waals surface area contributed by atoms with E-state index in [1.807, 2.05) is 17.1 Å². The van der Waals surface area contributed by atoms with Crippen molar-refractivity contribution in [3.05, 3.63) is 54.2 Å². The Morgan fingerprint density at radius 3 is 2.69 bits per heavy atom. The van der Waals surface area contributed by atoms with E-state index in [0.717, 1.165) is 60.7 Å². The van der Waals surface area contributed by atoms with Gasteiger partial charge >= 0.3 is 0 Å². The molecule has 2 aromatic rings. The van der Waals surface area contributed by atoms with Crippen molar-refractivity contribution in [1.29, 1.82) is 0 Å². The molecule has 1 aliphatic carbocycles. The summed E-state index contributed by atoms with van der Waals surface area (Å²) in [6, 6.07) is 4.18. The molecule has 0 aromatic carbocycles. The van der Waals surface area contributed by atoms with E-state index in [-0.39, 0.29) is 0 Å². The van der Waals surface area contributed by atoms with Gasteiger partial charge in [-0.3, -0.25) is 0 Å². The van der Waals surface area contributed by atoms with Crippen molar-refractivity contribution in [2.45, 2.75) is 57.8 Å². The standard InChI is InChI=1S/C23H28N4O2/c1-3-4-21-16(2)28-15-17-14-27(25-23(17)21)18-5-8-22(24-13-18)26-11-9-20(10-12-26)29-19-6-7-19/h4-5,8,13-14,19-20H,2-3,6-7,9-12,15H2,1H3/b21-4+. The smallest absolute Gasteiger partial charge is 0.128 e. The molecule has 3 aliphatic rings. The highest BCUT2D eigenvalue weighted by molar-refractivity contribution is 5.77. The van der Waals surface area contributed by atoms with Gasteiger partial charge in [0.05, 0.1) is 24.1 Å². The van der Waals surface area contributed by atoms with Gasteiger partial charge in [-0.15, -0.1) is 0 Å². The first kappa shape index (κ1) is 18.4. The topological polar surface area (TPSA) is 52.4 Å². The number of piperidine rings is 1. The number of rotatable bonds is 5. The van der Waals surface area contributed by atoms with Crippen molar-refractivity contribution in [3.8, 4) is 5.69 Å². The fourth-order valence-corrected chi connectivity index (χ4v) is 4.06. The molecule has 0 radical (unpaired) electrons. The summed E-state index contributed by atoms with van der Waals surface area (Å²) >= 11 is 0. The van der Waals surface area contributed by atoms with Crippen molar-refractivity contribution in [1.82, 2.24) is 14.8 Å². The zero-order valence-corrected chi connectivity index (χ0v) is 17.0. The van der Waals surface area contributed by atoms with Gasteiger partial charge in [-0.25, -0.2) is 9.67 Å². The van der Waals surface area contributed by atoms with E-state index < -0.39 is 0 Å². The van der Waals surface area contributed by atoms with Gasteiger partial charge in [0.2, 0.25) is 0 Å². The zero-order valence-electron chi connectivity index (χ0n) is 17.0. The molecular weight excluding hydrogens is 364 g/mol. The predicted octanol–water partition coefficient (Wildman–Crippen LogP) is 4.25. The maximum atomic E-state index is 6.06. The maximum absolute atomic E-state index is 6.06. The van der Waals surface area contributed by atoms with Gasteiger partial charge in [-0.1, -0.05) is 19.6 Å². The Labute approximate surface area is 171 Å². The second-order valence-corrected chi connectivity index (χ2v) is 8.08. The first-order valence-corrected chi connectivity index (χ1v) is 10.7. The number of nitrogens with zero attached hydrogens (tertiary/aromatic N) is 4. The Hall–Kier alpha value is -2.60. The van der Waals surface area contributed by atoms with Crippen LogP contribution in [-0.2, 0) is 16.1 Å². The number of aromatic nitrogens is 3. The summed E-state index contributed by atoms with van der Waals surface area (Å²) < 4.78 is 13.7. The summed E-state index contributed by atoms with van der Waals surface area (Å²) in [5.74, 6) is 1.73. The first-order chi connectivity index (χ1) is 14.2. The van der Waals surface area contributed by atoms with E-state index in [1.165, 1.54) is 12.8 Å². The lowest BCUT2D eigenvalue weighted by Gasteiger charge is -2.32. The van der Waals surface area contributed by atoms with Crippen molar-refractivity contribution >= 4 is 11.4 Å². The number of allylic oxidation sites excluding steroid dienone is 2. The van der Waals surface area contributed by atoms with E-state index in [4.69, 9.17) is 19.6 Å². The van der Waals surface area contributed by atoms with Crippen LogP contribution in [-0.4, -0.2) is 40.1 Å². The first-order valence-electron chi connectivity index (χ1n) is 10.7. The van der Waals surface area contributed by atoms with Crippen molar-refractivity contribution in [3.63, 3.8) is 0 Å². The zero-order chi connectivity index (χ0) is 19.8. The molecule has 152 valence electrons. The summed E-state index contributed by atoms with van der Waals surface area (Å²) in [7, 11) is 0. The van der Waals surface area contributed by atoms with E-state index in [2.05, 4.69) is 36.6 Å². The SMILES string of the molecule is C=C1OCc2cn(-c3ccc(N4CCC(OC5CC5)CC4)nc3)nc2/C1=C/CC. The molecule has 4 heterocycles. The highest BCUT2D eigenvalue weighted by atomic mass is 16.5. The number of fused-ring (bicyclic) bond motifs is 1. The van der Waals surface area contributed by atoms with Crippen LogP contribution in [0.2, 0.25) is 0 Å². The van der Waals surface area contributed by atoms with Gasteiger partial charge in [-0.2, -0.15) is 5.10 Å². The number of hydrogen-bond donors (Lipinski definition) is 0. The van der Waals surface area contributed by atoms with Crippen LogP contribution in [0, 0.1) is 0 Å². The van der Waals surface area contributed by atoms with Crippen molar-refractivity contribution < 1.29 is 9.47 Å². The quantitative estimate of drug-likeness (QED) is 0.761. The van der Waals surface area contributed by atoms with Crippen LogP contribution in [0.3, 0.4) is 0 Å². The van der Waals surface area contributed by atoms with Gasteiger partial charge in [0.15, 0.2) is 0 Å². The minimum absolute atomic E-state index is 0.427. The third-order valence-electron chi connectivity index (χ3n) is 5.83. The molecular formula is C23H28N4O2. The number of ether oxygens (including phenoxy) is 2. The molecule has 1 saturated carbocycles. The van der Waals surface area contributed by atoms with Gasteiger partial charge < -0.3 is 14.4 Å². The molecule has 0 bridgehead atoms. The third kappa shape index (κ3) is 3.81. The average Bonchev–Trinajstić information content (AvgIpc) is 3.46. The molecule has 6 nitrogen and oxygen atoms in total. The minimum atomic E-state index is 0.427. The lowest BCUT2D eigenvalue weighted by Crippen LogP contribution is -2.37. The normalized spacial score (nSPS) is 21.3. The monoisotopic (exact) mass is 392 g/mol. The van der Waals surface area contributed by atoms with E-state index in [0.29, 0.717) is 24.6 Å². The molecule has 2 aromatic heterocycles. The van der Waals surface area contributed by atoms with E-state index in [9.17, 15) is 0 Å². The Bertz CT molecular complexity index is 919. The molecule has 0 atom stereocenters. The van der Waals surface area contributed by atoms with Crippen LogP contribution in [0.25, 0.3) is 11.3 Å². The van der Waals surface area contributed by atoms with Gasteiger partial charge in [0, 0.05) is 30.4 Å². The largest absolute Gasteiger partial charge is 0.489 e. The molecule has 2 aliphatic heterocycles. The van der Waals surface area contributed by atoms with Crippen LogP contribution in [0.5, 0.6) is 0 Å². The molecule has 29 heavy (non-hydrogen) atoms. The lowest BCUT2D eigenvalue weighted by atomic mass is 10.0. The third-order valence-corrected chi connectivity index (χ3v) is 5.83. The fourth-order valence-electron chi connectivity index (χ4n) is 4.06. The van der Waals surface area contributed by atoms with Gasteiger partial charge in [0.1, 0.15) is 23.9 Å². The van der Waals surface area contributed by atoms with E-state index >= 15 is 0 Å². The lowest BCUT2D eigenvalue weighted by molar-refractivity contribution is 0.0246. The van der Waals surface area contributed by atoms with E-state index in [1.54, 1.807) is 0 Å². The summed E-state index contributed by atoms with van der Waals surface area (Å²) in [6.45, 7) is 8.64. The number of hydrogen-bond acceptors (Lipinski definition) is 5. The molecule has 6 heteroatoms. The highest BCUT2D eigenvalue weighted by Crippen LogP contribution is 2.32. The van der Waals surface area contributed by atoms with Crippen LogP contribution in [0.4, 0.5) is 5.82 Å². The molecule has 2 fully saturated rings. The number of pyridine rings is 1. The minimum Gasteiger partial charge on any atom is -0.489 e. The summed E-state index contributed by atoms with van der Waals surface area (Å²) in [5, 5.41) is 4.79. The van der Waals surface area contributed by atoms with Crippen LogP contribution in [0.15, 0.2) is 42.9 Å². The maximum Gasteiger partial charge on any atom is 0.128 e. The molecule has 1 saturated heterocycles. The molecule has 0 N–H and O–H groups in total. The van der Waals surface area contributed by atoms with Crippen LogP contribution >= 0.6 is 0 Å². The Morgan fingerprint density at radius 2 is 2.00 bits per heavy atom. The van der Waals surface area contributed by atoms with Gasteiger partial charge in [0.25, 0.3) is 0 Å². The Morgan fingerprint density at radius 1 is 1.21 bits per heavy atom. The van der Waals surface area contributed by atoms with Crippen molar-refractivity contribution in [2.24, 2.45) is 0 Å². The Balaban J connectivity index is 1.29. The summed E-state index contributed by atoms with van der Waals surface area (Å²) in [6.07, 6.45) is 12.6. The molecule has 0 unspecified atom stereocenters. The van der Waals surface area contributed by atoms with Gasteiger partial charge in [-0.05, 0) is 44.2 Å². The predicted molar refractivity (Wildman–Crippen MR) is 113 cm³/mol. The fraction of sp³-hybridized carbons (Fsp3) is 0.478. The summed E-state index contributed by atoms with van der Waals surface area (Å²) in [4.78, 5) is 7.07. The second kappa shape index (κ2) is 7.67. The summed E-state index contributed by atoms with van der Waals surface area (Å²) in [5.41, 5.74) is 3.99. The highest BCUT2D eigenvalue weighted by Gasteiger charge is 2.29.